The summed E-state index contributed by atoms with van der Waals surface area (Å²) in [7, 11) is 0. The van der Waals surface area contributed by atoms with Gasteiger partial charge >= 0.3 is 0 Å². The third-order valence-corrected chi connectivity index (χ3v) is 2.60. The first-order valence-corrected chi connectivity index (χ1v) is 5.41. The first-order chi connectivity index (χ1) is 8.75. The summed E-state index contributed by atoms with van der Waals surface area (Å²) in [5, 5.41) is 10.7. The molecule has 3 rings (SSSR count). The van der Waals surface area contributed by atoms with E-state index in [1.54, 1.807) is 22.6 Å². The van der Waals surface area contributed by atoms with E-state index in [0.717, 1.165) is 5.82 Å². The molecule has 90 valence electrons. The molecule has 6 nitrogen and oxygen atoms in total. The fraction of sp³-hybridized carbons (Fsp3) is 0.0833. The fourth-order valence-electron chi connectivity index (χ4n) is 1.72. The Bertz CT molecular complexity index is 700. The van der Waals surface area contributed by atoms with Crippen LogP contribution >= 0.6 is 0 Å². The highest BCUT2D eigenvalue weighted by Crippen LogP contribution is 2.16. The van der Waals surface area contributed by atoms with Crippen molar-refractivity contribution in [1.82, 2.24) is 14.6 Å². The molecule has 1 amide bonds. The van der Waals surface area contributed by atoms with E-state index in [4.69, 9.17) is 4.42 Å². The zero-order valence-corrected chi connectivity index (χ0v) is 9.62. The van der Waals surface area contributed by atoms with Gasteiger partial charge in [-0.3, -0.25) is 9.20 Å². The van der Waals surface area contributed by atoms with Crippen LogP contribution in [0.1, 0.15) is 16.4 Å². The van der Waals surface area contributed by atoms with E-state index in [0.29, 0.717) is 11.3 Å². The van der Waals surface area contributed by atoms with E-state index < -0.39 is 0 Å². The summed E-state index contributed by atoms with van der Waals surface area (Å²) in [4.78, 5) is 11.9. The van der Waals surface area contributed by atoms with Gasteiger partial charge in [-0.1, -0.05) is 0 Å². The standard InChI is InChI=1S/C12H10N4O2/c1-8-14-15-11-9(4-2-6-16(8)11)13-12(17)10-5-3-7-18-10/h2-7H,1H3,(H,13,17). The zero-order valence-electron chi connectivity index (χ0n) is 9.62. The second kappa shape index (κ2) is 3.99. The third kappa shape index (κ3) is 1.64. The predicted molar refractivity (Wildman–Crippen MR) is 64.4 cm³/mol. The average molecular weight is 242 g/mol. The molecule has 0 radical (unpaired) electrons. The summed E-state index contributed by atoms with van der Waals surface area (Å²) in [6.45, 7) is 1.85. The molecule has 1 N–H and O–H groups in total. The highest BCUT2D eigenvalue weighted by molar-refractivity contribution is 6.04. The largest absolute Gasteiger partial charge is 0.459 e. The van der Waals surface area contributed by atoms with Gasteiger partial charge in [0.15, 0.2) is 11.4 Å². The lowest BCUT2D eigenvalue weighted by Gasteiger charge is -2.04. The van der Waals surface area contributed by atoms with Crippen LogP contribution < -0.4 is 5.32 Å². The molecule has 6 heteroatoms. The Kier molecular flexibility index (Phi) is 2.33. The summed E-state index contributed by atoms with van der Waals surface area (Å²) in [5.41, 5.74) is 1.20. The van der Waals surface area contributed by atoms with Crippen molar-refractivity contribution in [2.24, 2.45) is 0 Å². The van der Waals surface area contributed by atoms with Gasteiger partial charge in [0.2, 0.25) is 0 Å². The Morgan fingerprint density at radius 1 is 1.33 bits per heavy atom. The fourth-order valence-corrected chi connectivity index (χ4v) is 1.72. The van der Waals surface area contributed by atoms with Gasteiger partial charge in [0, 0.05) is 6.20 Å². The number of rotatable bonds is 2. The van der Waals surface area contributed by atoms with Crippen molar-refractivity contribution in [3.8, 4) is 0 Å². The maximum Gasteiger partial charge on any atom is 0.291 e. The van der Waals surface area contributed by atoms with Gasteiger partial charge in [-0.25, -0.2) is 0 Å². The second-order valence-corrected chi connectivity index (χ2v) is 3.79. The lowest BCUT2D eigenvalue weighted by molar-refractivity contribution is 0.0997. The number of amides is 1. The summed E-state index contributed by atoms with van der Waals surface area (Å²) in [5.74, 6) is 0.709. The molecule has 0 saturated carbocycles. The van der Waals surface area contributed by atoms with Gasteiger partial charge in [-0.2, -0.15) is 0 Å². The Hall–Kier alpha value is -2.63. The minimum Gasteiger partial charge on any atom is -0.459 e. The quantitative estimate of drug-likeness (QED) is 0.744. The Morgan fingerprint density at radius 2 is 2.22 bits per heavy atom. The minimum atomic E-state index is -0.311. The number of nitrogens with one attached hydrogen (secondary N) is 1. The van der Waals surface area contributed by atoms with E-state index in [1.807, 2.05) is 19.2 Å². The smallest absolute Gasteiger partial charge is 0.291 e. The number of hydrogen-bond acceptors (Lipinski definition) is 4. The van der Waals surface area contributed by atoms with Gasteiger partial charge in [-0.15, -0.1) is 10.2 Å². The van der Waals surface area contributed by atoms with Crippen LogP contribution in [0, 0.1) is 6.92 Å². The van der Waals surface area contributed by atoms with Crippen LogP contribution in [0.3, 0.4) is 0 Å². The van der Waals surface area contributed by atoms with Crippen LogP contribution in [0.25, 0.3) is 5.65 Å². The highest BCUT2D eigenvalue weighted by atomic mass is 16.3. The average Bonchev–Trinajstić information content (AvgIpc) is 3.00. The molecule has 0 aliphatic rings. The molecule has 18 heavy (non-hydrogen) atoms. The SMILES string of the molecule is Cc1nnc2c(NC(=O)c3ccco3)cccn12. The molecule has 0 bridgehead atoms. The topological polar surface area (TPSA) is 72.4 Å². The van der Waals surface area contributed by atoms with Gasteiger partial charge in [0.05, 0.1) is 12.0 Å². The van der Waals surface area contributed by atoms with E-state index >= 15 is 0 Å². The van der Waals surface area contributed by atoms with Gasteiger partial charge in [0.1, 0.15) is 5.82 Å². The maximum absolute atomic E-state index is 11.9. The van der Waals surface area contributed by atoms with Crippen LogP contribution in [0.5, 0.6) is 0 Å². The second-order valence-electron chi connectivity index (χ2n) is 3.79. The van der Waals surface area contributed by atoms with Crippen molar-refractivity contribution >= 4 is 17.2 Å². The van der Waals surface area contributed by atoms with E-state index in [9.17, 15) is 4.79 Å². The maximum atomic E-state index is 11.9. The molecule has 0 aromatic carbocycles. The Labute approximate surface area is 102 Å². The molecule has 0 fully saturated rings. The van der Waals surface area contributed by atoms with E-state index in [-0.39, 0.29) is 11.7 Å². The first-order valence-electron chi connectivity index (χ1n) is 5.41. The number of nitrogens with zero attached hydrogens (tertiary/aromatic N) is 3. The molecular formula is C12H10N4O2. The number of aromatic nitrogens is 3. The Balaban J connectivity index is 1.98. The van der Waals surface area contributed by atoms with Crippen LogP contribution in [-0.2, 0) is 0 Å². The lowest BCUT2D eigenvalue weighted by Crippen LogP contribution is -2.11. The van der Waals surface area contributed by atoms with Crippen molar-refractivity contribution in [2.45, 2.75) is 6.92 Å². The monoisotopic (exact) mass is 242 g/mol. The number of hydrogen-bond donors (Lipinski definition) is 1. The zero-order chi connectivity index (χ0) is 12.5. The molecule has 0 aliphatic heterocycles. The molecule has 3 aromatic heterocycles. The number of carbonyl (C=O) groups is 1. The molecule has 0 unspecified atom stereocenters. The molecule has 0 aliphatic carbocycles. The number of fused-ring (bicyclic) bond motifs is 1. The van der Waals surface area contributed by atoms with Gasteiger partial charge in [-0.05, 0) is 31.2 Å². The van der Waals surface area contributed by atoms with Crippen molar-refractivity contribution in [1.29, 1.82) is 0 Å². The molecular weight excluding hydrogens is 232 g/mol. The molecule has 3 aromatic rings. The summed E-state index contributed by atoms with van der Waals surface area (Å²) in [6.07, 6.45) is 3.30. The summed E-state index contributed by atoms with van der Waals surface area (Å²) in [6, 6.07) is 6.85. The van der Waals surface area contributed by atoms with Crippen molar-refractivity contribution in [3.05, 3.63) is 48.3 Å². The van der Waals surface area contributed by atoms with E-state index in [1.165, 1.54) is 6.26 Å². The number of furan rings is 1. The molecule has 0 spiro atoms. The number of carbonyl (C=O) groups excluding carboxylic acids is 1. The lowest BCUT2D eigenvalue weighted by atomic mass is 10.3. The Morgan fingerprint density at radius 3 is 3.00 bits per heavy atom. The van der Waals surface area contributed by atoms with Crippen LogP contribution in [0.15, 0.2) is 41.1 Å². The van der Waals surface area contributed by atoms with Crippen LogP contribution in [0.4, 0.5) is 5.69 Å². The highest BCUT2D eigenvalue weighted by Gasteiger charge is 2.12. The number of anilines is 1. The normalized spacial score (nSPS) is 10.7. The molecule has 0 saturated heterocycles. The van der Waals surface area contributed by atoms with Crippen LogP contribution in [0.2, 0.25) is 0 Å². The first kappa shape index (κ1) is 10.5. The minimum absolute atomic E-state index is 0.258. The number of aryl methyl sites for hydroxylation is 1. The number of pyridine rings is 1. The molecule has 3 heterocycles. The molecule has 0 atom stereocenters. The van der Waals surface area contributed by atoms with E-state index in [2.05, 4.69) is 15.5 Å². The van der Waals surface area contributed by atoms with Gasteiger partial charge in [0.25, 0.3) is 5.91 Å². The van der Waals surface area contributed by atoms with Crippen molar-refractivity contribution < 1.29 is 9.21 Å². The van der Waals surface area contributed by atoms with Crippen molar-refractivity contribution in [3.63, 3.8) is 0 Å². The summed E-state index contributed by atoms with van der Waals surface area (Å²) < 4.78 is 6.83. The van der Waals surface area contributed by atoms with Crippen molar-refractivity contribution in [2.75, 3.05) is 5.32 Å². The van der Waals surface area contributed by atoms with Gasteiger partial charge < -0.3 is 9.73 Å². The third-order valence-electron chi connectivity index (χ3n) is 2.60. The van der Waals surface area contributed by atoms with Crippen LogP contribution in [-0.4, -0.2) is 20.5 Å². The predicted octanol–water partition coefficient (Wildman–Crippen LogP) is 1.88. The summed E-state index contributed by atoms with van der Waals surface area (Å²) >= 11 is 0.